The number of carbonyl (C=O) groups is 1. The van der Waals surface area contributed by atoms with E-state index in [1.54, 1.807) is 0 Å². The van der Waals surface area contributed by atoms with Gasteiger partial charge < -0.3 is 14.2 Å². The second-order valence-corrected chi connectivity index (χ2v) is 7.48. The molecule has 1 unspecified atom stereocenters. The smallest absolute Gasteiger partial charge is 0.263 e. The largest absolute Gasteiger partial charge is 0.481 e. The summed E-state index contributed by atoms with van der Waals surface area (Å²) in [5, 5.41) is 6.11. The molecule has 0 N–H and O–H groups in total. The summed E-state index contributed by atoms with van der Waals surface area (Å²) >= 11 is 0. The monoisotopic (exact) mass is 379 g/mol. The van der Waals surface area contributed by atoms with Crippen LogP contribution in [0.1, 0.15) is 31.5 Å². The molecule has 0 saturated carbocycles. The molecule has 2 heterocycles. The van der Waals surface area contributed by atoms with Gasteiger partial charge >= 0.3 is 0 Å². The van der Waals surface area contributed by atoms with Gasteiger partial charge in [0, 0.05) is 19.5 Å². The van der Waals surface area contributed by atoms with Crippen molar-refractivity contribution in [2.24, 2.45) is 5.92 Å². The normalized spacial score (nSPS) is 16.3. The highest BCUT2D eigenvalue weighted by Gasteiger charge is 2.28. The lowest BCUT2D eigenvalue weighted by molar-refractivity contribution is -0.139. The van der Waals surface area contributed by atoms with E-state index in [2.05, 4.69) is 16.2 Å². The van der Waals surface area contributed by atoms with Crippen molar-refractivity contribution in [3.63, 3.8) is 0 Å². The zero-order valence-corrected chi connectivity index (χ0v) is 16.3. The zero-order valence-electron chi connectivity index (χ0n) is 16.3. The average molecular weight is 379 g/mol. The van der Waals surface area contributed by atoms with Crippen molar-refractivity contribution < 1.29 is 14.1 Å². The minimum atomic E-state index is -0.503. The third-order valence-electron chi connectivity index (χ3n) is 5.34. The summed E-state index contributed by atoms with van der Waals surface area (Å²) in [6, 6.07) is 14.0. The van der Waals surface area contributed by atoms with Gasteiger partial charge in [0.25, 0.3) is 5.91 Å². The molecule has 1 aliphatic heterocycles. The second-order valence-electron chi connectivity index (χ2n) is 7.48. The highest BCUT2D eigenvalue weighted by atomic mass is 16.5. The van der Waals surface area contributed by atoms with E-state index in [4.69, 9.17) is 9.26 Å². The Morgan fingerprint density at radius 1 is 1.21 bits per heavy atom. The number of aromatic nitrogens is 2. The van der Waals surface area contributed by atoms with Crippen LogP contribution in [0.4, 0.5) is 0 Å². The topological polar surface area (TPSA) is 68.5 Å². The number of hydrogen-bond acceptors (Lipinski definition) is 5. The molecule has 1 aromatic heterocycles. The Bertz CT molecular complexity index is 960. The number of fused-ring (bicyclic) bond motifs is 1. The van der Waals surface area contributed by atoms with Crippen LogP contribution in [0.25, 0.3) is 10.8 Å². The van der Waals surface area contributed by atoms with Crippen molar-refractivity contribution in [3.05, 3.63) is 54.2 Å². The number of piperidine rings is 1. The van der Waals surface area contributed by atoms with Crippen LogP contribution >= 0.6 is 0 Å². The van der Waals surface area contributed by atoms with Crippen LogP contribution in [0.15, 0.2) is 47.0 Å². The second kappa shape index (κ2) is 8.00. The van der Waals surface area contributed by atoms with Gasteiger partial charge in [0.1, 0.15) is 5.75 Å². The van der Waals surface area contributed by atoms with Gasteiger partial charge in [-0.25, -0.2) is 0 Å². The van der Waals surface area contributed by atoms with Crippen LogP contribution in [0.5, 0.6) is 5.75 Å². The quantitative estimate of drug-likeness (QED) is 0.675. The highest BCUT2D eigenvalue weighted by Crippen LogP contribution is 2.24. The minimum absolute atomic E-state index is 0.0419. The summed E-state index contributed by atoms with van der Waals surface area (Å²) in [6.07, 6.45) is 2.16. The number of amides is 1. The Morgan fingerprint density at radius 3 is 2.68 bits per heavy atom. The summed E-state index contributed by atoms with van der Waals surface area (Å²) in [4.78, 5) is 19.0. The van der Waals surface area contributed by atoms with Gasteiger partial charge in [-0.3, -0.25) is 4.79 Å². The predicted molar refractivity (Wildman–Crippen MR) is 106 cm³/mol. The molecule has 28 heavy (non-hydrogen) atoms. The standard InChI is InChI=1S/C22H25N3O3/c1-15(27-20-8-7-18-5-3-4-6-19(18)14-20)22(26)25-11-9-17(10-12-25)13-21-23-16(2)24-28-21/h3-8,14-15,17H,9-13H2,1-2H3. The molecule has 0 radical (unpaired) electrons. The van der Waals surface area contributed by atoms with Gasteiger partial charge in [-0.15, -0.1) is 0 Å². The lowest BCUT2D eigenvalue weighted by atomic mass is 9.93. The number of aryl methyl sites for hydroxylation is 1. The molecule has 6 heteroatoms. The van der Waals surface area contributed by atoms with Gasteiger partial charge in [0.15, 0.2) is 11.9 Å². The molecule has 0 bridgehead atoms. The number of nitrogens with zero attached hydrogens (tertiary/aromatic N) is 3. The molecule has 1 saturated heterocycles. The first kappa shape index (κ1) is 18.5. The van der Waals surface area contributed by atoms with Gasteiger partial charge in [0.05, 0.1) is 0 Å². The van der Waals surface area contributed by atoms with Crippen LogP contribution in [0, 0.1) is 12.8 Å². The fourth-order valence-electron chi connectivity index (χ4n) is 3.78. The van der Waals surface area contributed by atoms with Gasteiger partial charge in [-0.2, -0.15) is 4.98 Å². The van der Waals surface area contributed by atoms with E-state index in [1.165, 1.54) is 0 Å². The first-order valence-corrected chi connectivity index (χ1v) is 9.82. The van der Waals surface area contributed by atoms with Crippen LogP contribution in [0.2, 0.25) is 0 Å². The predicted octanol–water partition coefficient (Wildman–Crippen LogP) is 3.78. The zero-order chi connectivity index (χ0) is 19.5. The average Bonchev–Trinajstić information content (AvgIpc) is 3.12. The van der Waals surface area contributed by atoms with E-state index >= 15 is 0 Å². The van der Waals surface area contributed by atoms with E-state index in [9.17, 15) is 4.79 Å². The van der Waals surface area contributed by atoms with Crippen molar-refractivity contribution in [1.82, 2.24) is 15.0 Å². The third-order valence-corrected chi connectivity index (χ3v) is 5.34. The summed E-state index contributed by atoms with van der Waals surface area (Å²) in [5.74, 6) is 2.60. The van der Waals surface area contributed by atoms with Crippen LogP contribution in [-0.2, 0) is 11.2 Å². The van der Waals surface area contributed by atoms with Gasteiger partial charge in [-0.05, 0) is 55.5 Å². The molecule has 1 aliphatic rings. The van der Waals surface area contributed by atoms with E-state index < -0.39 is 6.10 Å². The highest BCUT2D eigenvalue weighted by molar-refractivity contribution is 5.84. The maximum atomic E-state index is 12.8. The molecule has 2 aromatic carbocycles. The van der Waals surface area contributed by atoms with Gasteiger partial charge in [0.2, 0.25) is 5.89 Å². The number of rotatable bonds is 5. The Kier molecular flexibility index (Phi) is 5.28. The van der Waals surface area contributed by atoms with E-state index in [0.717, 1.165) is 48.9 Å². The van der Waals surface area contributed by atoms with Crippen molar-refractivity contribution in [1.29, 1.82) is 0 Å². The fraction of sp³-hybridized carbons (Fsp3) is 0.409. The number of benzene rings is 2. The Hall–Kier alpha value is -2.89. The molecular formula is C22H25N3O3. The number of likely N-dealkylation sites (tertiary alicyclic amines) is 1. The first-order chi connectivity index (χ1) is 13.6. The van der Waals surface area contributed by atoms with Crippen molar-refractivity contribution in [2.45, 2.75) is 39.2 Å². The Balaban J connectivity index is 1.31. The van der Waals surface area contributed by atoms with Crippen molar-refractivity contribution in [2.75, 3.05) is 13.1 Å². The lowest BCUT2D eigenvalue weighted by Gasteiger charge is -2.33. The number of hydrogen-bond donors (Lipinski definition) is 0. The molecule has 146 valence electrons. The minimum Gasteiger partial charge on any atom is -0.481 e. The summed E-state index contributed by atoms with van der Waals surface area (Å²) in [5.41, 5.74) is 0. The number of ether oxygens (including phenoxy) is 1. The third kappa shape index (κ3) is 4.16. The maximum absolute atomic E-state index is 12.8. The molecule has 1 atom stereocenters. The van der Waals surface area contributed by atoms with Crippen LogP contribution in [0.3, 0.4) is 0 Å². The Labute approximate surface area is 164 Å². The van der Waals surface area contributed by atoms with E-state index in [1.807, 2.05) is 55.1 Å². The summed E-state index contributed by atoms with van der Waals surface area (Å²) in [6.45, 7) is 5.13. The lowest BCUT2D eigenvalue weighted by Crippen LogP contribution is -2.45. The summed E-state index contributed by atoms with van der Waals surface area (Å²) < 4.78 is 11.2. The fourth-order valence-corrected chi connectivity index (χ4v) is 3.78. The van der Waals surface area contributed by atoms with E-state index in [0.29, 0.717) is 17.6 Å². The van der Waals surface area contributed by atoms with Gasteiger partial charge in [-0.1, -0.05) is 35.5 Å². The first-order valence-electron chi connectivity index (χ1n) is 9.82. The molecule has 1 fully saturated rings. The number of carbonyl (C=O) groups excluding carboxylic acids is 1. The molecular weight excluding hydrogens is 354 g/mol. The molecule has 1 amide bonds. The summed E-state index contributed by atoms with van der Waals surface area (Å²) in [7, 11) is 0. The molecule has 0 spiro atoms. The molecule has 3 aromatic rings. The molecule has 0 aliphatic carbocycles. The molecule has 6 nitrogen and oxygen atoms in total. The van der Waals surface area contributed by atoms with Crippen LogP contribution in [-0.4, -0.2) is 40.1 Å². The van der Waals surface area contributed by atoms with E-state index in [-0.39, 0.29) is 5.91 Å². The van der Waals surface area contributed by atoms with Crippen molar-refractivity contribution >= 4 is 16.7 Å². The van der Waals surface area contributed by atoms with Crippen LogP contribution < -0.4 is 4.74 Å². The molecule has 4 rings (SSSR count). The van der Waals surface area contributed by atoms with Crippen molar-refractivity contribution in [3.8, 4) is 5.75 Å². The maximum Gasteiger partial charge on any atom is 0.263 e. The SMILES string of the molecule is Cc1noc(CC2CCN(C(=O)C(C)Oc3ccc4ccccc4c3)CC2)n1. The Morgan fingerprint density at radius 2 is 1.96 bits per heavy atom.